The smallest absolute Gasteiger partial charge is 0.422 e. The zero-order valence-electron chi connectivity index (χ0n) is 11.1. The highest BCUT2D eigenvalue weighted by molar-refractivity contribution is 5.63. The normalized spacial score (nSPS) is 11.5. The predicted molar refractivity (Wildman–Crippen MR) is 68.4 cm³/mol. The van der Waals surface area contributed by atoms with E-state index in [4.69, 9.17) is 0 Å². The lowest BCUT2D eigenvalue weighted by Gasteiger charge is -2.09. The summed E-state index contributed by atoms with van der Waals surface area (Å²) in [5.74, 6) is -0.825. The Morgan fingerprint density at radius 2 is 1.90 bits per heavy atom. The Hall–Kier alpha value is -2.18. The van der Waals surface area contributed by atoms with Crippen LogP contribution in [0.1, 0.15) is 12.5 Å². The zero-order chi connectivity index (χ0) is 15.5. The van der Waals surface area contributed by atoms with Crippen molar-refractivity contribution >= 4 is 0 Å². The van der Waals surface area contributed by atoms with Gasteiger partial charge in [-0.05, 0) is 24.1 Å². The molecule has 0 aromatic carbocycles. The van der Waals surface area contributed by atoms with Gasteiger partial charge in [-0.15, -0.1) is 0 Å². The average Bonchev–Trinajstić information content (AvgIpc) is 2.45. The third-order valence-electron chi connectivity index (χ3n) is 2.74. The predicted octanol–water partition coefficient (Wildman–Crippen LogP) is 3.79. The first-order valence-electron chi connectivity index (χ1n) is 6.19. The van der Waals surface area contributed by atoms with E-state index in [-0.39, 0.29) is 11.4 Å². The fourth-order valence-corrected chi connectivity index (χ4v) is 1.67. The van der Waals surface area contributed by atoms with Gasteiger partial charge in [-0.25, -0.2) is 9.97 Å². The minimum atomic E-state index is -4.42. The average molecular weight is 300 g/mol. The molecule has 112 valence electrons. The molecule has 0 spiro atoms. The Balaban J connectivity index is 2.19. The molecule has 0 aliphatic heterocycles. The van der Waals surface area contributed by atoms with Gasteiger partial charge in [0.15, 0.2) is 6.61 Å². The van der Waals surface area contributed by atoms with Crippen molar-refractivity contribution < 1.29 is 22.3 Å². The summed E-state index contributed by atoms with van der Waals surface area (Å²) in [5, 5.41) is 0. The first-order valence-corrected chi connectivity index (χ1v) is 6.19. The van der Waals surface area contributed by atoms with E-state index in [1.807, 2.05) is 6.92 Å². The lowest BCUT2D eigenvalue weighted by atomic mass is 10.1. The largest absolute Gasteiger partial charge is 0.468 e. The molecule has 0 amide bonds. The van der Waals surface area contributed by atoms with E-state index in [1.54, 1.807) is 6.07 Å². The van der Waals surface area contributed by atoms with Gasteiger partial charge in [-0.3, -0.25) is 0 Å². The van der Waals surface area contributed by atoms with E-state index in [0.717, 1.165) is 5.56 Å². The van der Waals surface area contributed by atoms with Crippen molar-refractivity contribution in [2.45, 2.75) is 19.5 Å². The molecule has 2 rings (SSSR count). The Kier molecular flexibility index (Phi) is 4.40. The number of ether oxygens (including phenoxy) is 1. The monoisotopic (exact) mass is 300 g/mol. The maximum atomic E-state index is 13.7. The van der Waals surface area contributed by atoms with Gasteiger partial charge >= 0.3 is 6.18 Å². The van der Waals surface area contributed by atoms with Gasteiger partial charge in [0.1, 0.15) is 0 Å². The standard InChI is InChI=1S/C14H12F4N2O/c1-2-9-5-11(13(15)20-6-9)10-3-4-12(19-7-10)21-8-14(16,17)18/h3-7H,2,8H2,1H3. The minimum absolute atomic E-state index is 0.170. The van der Waals surface area contributed by atoms with Crippen molar-refractivity contribution in [2.75, 3.05) is 6.61 Å². The SMILES string of the molecule is CCc1cnc(F)c(-c2ccc(OCC(F)(F)F)nc2)c1. The van der Waals surface area contributed by atoms with Crippen molar-refractivity contribution in [1.82, 2.24) is 9.97 Å². The molecule has 0 saturated carbocycles. The highest BCUT2D eigenvalue weighted by Gasteiger charge is 2.28. The second kappa shape index (κ2) is 6.07. The summed E-state index contributed by atoms with van der Waals surface area (Å²) in [4.78, 5) is 7.38. The van der Waals surface area contributed by atoms with Gasteiger partial charge < -0.3 is 4.74 Å². The fraction of sp³-hybridized carbons (Fsp3) is 0.286. The van der Waals surface area contributed by atoms with Crippen LogP contribution >= 0.6 is 0 Å². The van der Waals surface area contributed by atoms with Crippen molar-refractivity contribution in [1.29, 1.82) is 0 Å². The van der Waals surface area contributed by atoms with E-state index in [2.05, 4.69) is 14.7 Å². The number of alkyl halides is 3. The lowest BCUT2D eigenvalue weighted by molar-refractivity contribution is -0.154. The van der Waals surface area contributed by atoms with Crippen LogP contribution in [0.25, 0.3) is 11.1 Å². The summed E-state index contributed by atoms with van der Waals surface area (Å²) in [7, 11) is 0. The third kappa shape index (κ3) is 4.14. The van der Waals surface area contributed by atoms with Crippen LogP contribution in [-0.4, -0.2) is 22.8 Å². The van der Waals surface area contributed by atoms with Gasteiger partial charge in [0.05, 0.1) is 0 Å². The van der Waals surface area contributed by atoms with Gasteiger partial charge in [0.25, 0.3) is 0 Å². The number of rotatable bonds is 4. The van der Waals surface area contributed by atoms with Gasteiger partial charge in [-0.1, -0.05) is 6.92 Å². The molecule has 0 atom stereocenters. The number of halogens is 4. The molecule has 0 aliphatic rings. The Labute approximate surface area is 118 Å². The quantitative estimate of drug-likeness (QED) is 0.636. The van der Waals surface area contributed by atoms with E-state index in [9.17, 15) is 17.6 Å². The molecule has 0 N–H and O–H groups in total. The molecule has 2 aromatic rings. The molecule has 2 heterocycles. The van der Waals surface area contributed by atoms with Crippen LogP contribution in [0, 0.1) is 5.95 Å². The van der Waals surface area contributed by atoms with Crippen molar-refractivity contribution in [3.63, 3.8) is 0 Å². The third-order valence-corrected chi connectivity index (χ3v) is 2.74. The number of aryl methyl sites for hydroxylation is 1. The minimum Gasteiger partial charge on any atom is -0.468 e. The molecule has 0 radical (unpaired) electrons. The van der Waals surface area contributed by atoms with Gasteiger partial charge in [-0.2, -0.15) is 17.6 Å². The van der Waals surface area contributed by atoms with Crippen LogP contribution in [0.2, 0.25) is 0 Å². The maximum absolute atomic E-state index is 13.7. The van der Waals surface area contributed by atoms with Crippen LogP contribution in [0.3, 0.4) is 0 Å². The molecule has 0 bridgehead atoms. The van der Waals surface area contributed by atoms with Crippen LogP contribution < -0.4 is 4.74 Å². The summed E-state index contributed by atoms with van der Waals surface area (Å²) in [5.41, 5.74) is 1.53. The summed E-state index contributed by atoms with van der Waals surface area (Å²) >= 11 is 0. The molecular weight excluding hydrogens is 288 g/mol. The number of hydrogen-bond acceptors (Lipinski definition) is 3. The molecule has 3 nitrogen and oxygen atoms in total. The van der Waals surface area contributed by atoms with E-state index < -0.39 is 18.7 Å². The molecule has 0 unspecified atom stereocenters. The maximum Gasteiger partial charge on any atom is 0.422 e. The van der Waals surface area contributed by atoms with Crippen LogP contribution in [-0.2, 0) is 6.42 Å². The number of pyridine rings is 2. The van der Waals surface area contributed by atoms with Crippen LogP contribution in [0.15, 0.2) is 30.6 Å². The van der Waals surface area contributed by atoms with Crippen molar-refractivity contribution in [3.05, 3.63) is 42.1 Å². The number of aromatic nitrogens is 2. The summed E-state index contributed by atoms with van der Waals surface area (Å²) in [6.45, 7) is 0.492. The summed E-state index contributed by atoms with van der Waals surface area (Å²) in [6.07, 6.45) is -1.04. The Morgan fingerprint density at radius 1 is 1.14 bits per heavy atom. The van der Waals surface area contributed by atoms with Crippen LogP contribution in [0.5, 0.6) is 5.88 Å². The highest BCUT2D eigenvalue weighted by Crippen LogP contribution is 2.24. The number of nitrogens with zero attached hydrogens (tertiary/aromatic N) is 2. The Bertz CT molecular complexity index is 611. The summed E-state index contributed by atoms with van der Waals surface area (Å²) < 4.78 is 54.2. The van der Waals surface area contributed by atoms with Crippen molar-refractivity contribution in [3.8, 4) is 17.0 Å². The molecular formula is C14H12F4N2O. The Morgan fingerprint density at radius 3 is 2.48 bits per heavy atom. The second-order valence-corrected chi connectivity index (χ2v) is 4.32. The van der Waals surface area contributed by atoms with Crippen molar-refractivity contribution in [2.24, 2.45) is 0 Å². The fourth-order valence-electron chi connectivity index (χ4n) is 1.67. The highest BCUT2D eigenvalue weighted by atomic mass is 19.4. The molecule has 7 heteroatoms. The summed E-state index contributed by atoms with van der Waals surface area (Å²) in [6, 6.07) is 4.34. The lowest BCUT2D eigenvalue weighted by Crippen LogP contribution is -2.19. The van der Waals surface area contributed by atoms with E-state index in [0.29, 0.717) is 12.0 Å². The molecule has 0 saturated heterocycles. The molecule has 0 fully saturated rings. The number of hydrogen-bond donors (Lipinski definition) is 0. The molecule has 2 aromatic heterocycles. The van der Waals surface area contributed by atoms with E-state index in [1.165, 1.54) is 24.5 Å². The first-order chi connectivity index (χ1) is 9.89. The second-order valence-electron chi connectivity index (χ2n) is 4.32. The molecule has 0 aliphatic carbocycles. The van der Waals surface area contributed by atoms with Gasteiger partial charge in [0.2, 0.25) is 11.8 Å². The van der Waals surface area contributed by atoms with Crippen LogP contribution in [0.4, 0.5) is 17.6 Å². The van der Waals surface area contributed by atoms with Gasteiger partial charge in [0, 0.05) is 29.6 Å². The first kappa shape index (κ1) is 15.2. The zero-order valence-corrected chi connectivity index (χ0v) is 11.1. The topological polar surface area (TPSA) is 35.0 Å². The van der Waals surface area contributed by atoms with E-state index >= 15 is 0 Å². The molecule has 21 heavy (non-hydrogen) atoms.